The van der Waals surface area contributed by atoms with Crippen molar-refractivity contribution in [3.63, 3.8) is 0 Å². The molecule has 0 aliphatic carbocycles. The molecular weight excluding hydrogens is 478 g/mol. The molecule has 2 atom stereocenters. The van der Waals surface area contributed by atoms with Crippen LogP contribution in [0.3, 0.4) is 0 Å². The van der Waals surface area contributed by atoms with E-state index in [1.54, 1.807) is 6.08 Å². The smallest absolute Gasteiger partial charge is 0.327 e. The second-order valence-corrected chi connectivity index (χ2v) is 10.2. The van der Waals surface area contributed by atoms with Gasteiger partial charge in [-0.3, -0.25) is 9.69 Å². The lowest BCUT2D eigenvalue weighted by Gasteiger charge is -2.27. The number of carbonyl (C=O) groups is 2. The molecule has 1 saturated heterocycles. The summed E-state index contributed by atoms with van der Waals surface area (Å²) in [5.74, 6) is -0.983. The average Bonchev–Trinajstić information content (AvgIpc) is 3.03. The number of thiocarbonyl (C=S) groups is 1. The molecule has 3 rings (SSSR count). The molecule has 0 unspecified atom stereocenters. The van der Waals surface area contributed by atoms with Gasteiger partial charge in [-0.05, 0) is 54.7 Å². The van der Waals surface area contributed by atoms with Gasteiger partial charge in [-0.1, -0.05) is 86.2 Å². The van der Waals surface area contributed by atoms with Crippen molar-refractivity contribution in [3.8, 4) is 16.9 Å². The number of aliphatic carboxylic acids is 1. The molecule has 174 valence electrons. The van der Waals surface area contributed by atoms with Crippen LogP contribution >= 0.6 is 35.6 Å². The third kappa shape index (κ3) is 5.78. The van der Waals surface area contributed by atoms with Crippen LogP contribution in [0.15, 0.2) is 47.4 Å². The minimum atomic E-state index is -1.05. The van der Waals surface area contributed by atoms with E-state index >= 15 is 0 Å². The summed E-state index contributed by atoms with van der Waals surface area (Å²) in [5.41, 5.74) is 2.74. The molecule has 1 aliphatic rings. The number of hydrogen-bond acceptors (Lipinski definition) is 5. The van der Waals surface area contributed by atoms with Gasteiger partial charge < -0.3 is 9.84 Å². The molecule has 0 bridgehead atoms. The summed E-state index contributed by atoms with van der Waals surface area (Å²) >= 11 is 12.8. The topological polar surface area (TPSA) is 66.8 Å². The van der Waals surface area contributed by atoms with E-state index < -0.39 is 12.0 Å². The van der Waals surface area contributed by atoms with Crippen molar-refractivity contribution >= 4 is 57.9 Å². The van der Waals surface area contributed by atoms with E-state index in [0.717, 1.165) is 28.5 Å². The molecule has 1 fully saturated rings. The largest absolute Gasteiger partial charge is 0.489 e. The Morgan fingerprint density at radius 2 is 1.82 bits per heavy atom. The number of halogens is 1. The highest BCUT2D eigenvalue weighted by molar-refractivity contribution is 8.26. The van der Waals surface area contributed by atoms with Crippen molar-refractivity contribution in [2.24, 2.45) is 5.92 Å². The molecular formula is C25H26ClNO4S2. The van der Waals surface area contributed by atoms with Crippen LogP contribution in [0.5, 0.6) is 5.75 Å². The highest BCUT2D eigenvalue weighted by Gasteiger charge is 2.42. The number of carbonyl (C=O) groups excluding carboxylic acids is 1. The fourth-order valence-corrected chi connectivity index (χ4v) is 5.06. The van der Waals surface area contributed by atoms with Gasteiger partial charge in [0, 0.05) is 0 Å². The summed E-state index contributed by atoms with van der Waals surface area (Å²) in [6, 6.07) is 12.4. The molecule has 2 aromatic rings. The zero-order chi connectivity index (χ0) is 24.3. The summed E-state index contributed by atoms with van der Waals surface area (Å²) < 4.78 is 5.96. The number of nitrogens with zero attached hydrogens (tertiary/aromatic N) is 1. The Balaban J connectivity index is 1.81. The Kier molecular flexibility index (Phi) is 8.21. The molecule has 0 aromatic heterocycles. The first-order valence-electron chi connectivity index (χ1n) is 10.7. The van der Waals surface area contributed by atoms with Crippen LogP contribution in [0.1, 0.15) is 39.7 Å². The van der Waals surface area contributed by atoms with Crippen LogP contribution in [0.25, 0.3) is 17.2 Å². The zero-order valence-corrected chi connectivity index (χ0v) is 21.3. The van der Waals surface area contributed by atoms with Gasteiger partial charge in [0.05, 0.1) is 16.0 Å². The first-order chi connectivity index (χ1) is 15.6. The van der Waals surface area contributed by atoms with Crippen LogP contribution in [0.2, 0.25) is 5.02 Å². The maximum absolute atomic E-state index is 13.0. The molecule has 1 heterocycles. The average molecular weight is 504 g/mol. The van der Waals surface area contributed by atoms with Crippen LogP contribution in [-0.2, 0) is 9.59 Å². The van der Waals surface area contributed by atoms with Gasteiger partial charge in [0.2, 0.25) is 0 Å². The standard InChI is InChI=1S/C25H26ClNO4S2/c1-5-15(4)22(24(29)30)27-23(28)21(33-25(27)32)12-16-6-8-17(9-7-16)18-10-11-20(19(26)13-18)31-14(2)3/h6-15,22H,5H2,1-4H3,(H,29,30)/t15-,22+/m1/s1. The molecule has 33 heavy (non-hydrogen) atoms. The van der Waals surface area contributed by atoms with Gasteiger partial charge in [0.25, 0.3) is 5.91 Å². The monoisotopic (exact) mass is 503 g/mol. The highest BCUT2D eigenvalue weighted by Crippen LogP contribution is 2.36. The first kappa shape index (κ1) is 25.3. The summed E-state index contributed by atoms with van der Waals surface area (Å²) in [5, 5.41) is 10.2. The van der Waals surface area contributed by atoms with Crippen LogP contribution in [-0.4, -0.2) is 38.3 Å². The third-order valence-corrected chi connectivity index (χ3v) is 7.00. The van der Waals surface area contributed by atoms with E-state index in [1.807, 2.05) is 70.2 Å². The summed E-state index contributed by atoms with van der Waals surface area (Å²) in [6.07, 6.45) is 2.41. The van der Waals surface area contributed by atoms with Crippen LogP contribution < -0.4 is 4.74 Å². The van der Waals surface area contributed by atoms with Crippen molar-refractivity contribution in [1.82, 2.24) is 4.90 Å². The molecule has 1 N–H and O–H groups in total. The maximum atomic E-state index is 13.0. The van der Waals surface area contributed by atoms with E-state index in [4.69, 9.17) is 28.6 Å². The minimum absolute atomic E-state index is 0.0385. The molecule has 1 aliphatic heterocycles. The predicted octanol–water partition coefficient (Wildman–Crippen LogP) is 6.49. The van der Waals surface area contributed by atoms with Gasteiger partial charge in [-0.2, -0.15) is 0 Å². The minimum Gasteiger partial charge on any atom is -0.489 e. The molecule has 2 aromatic carbocycles. The SMILES string of the molecule is CC[C@@H](C)[C@@H](C(=O)O)N1C(=O)C(=Cc2ccc(-c3ccc(OC(C)C)c(Cl)c3)cc2)SC1=S. The van der Waals surface area contributed by atoms with E-state index in [1.165, 1.54) is 4.90 Å². The Labute approximate surface area is 208 Å². The Morgan fingerprint density at radius 1 is 1.18 bits per heavy atom. The molecule has 0 radical (unpaired) electrons. The second kappa shape index (κ2) is 10.7. The van der Waals surface area contributed by atoms with E-state index in [-0.39, 0.29) is 22.2 Å². The van der Waals surface area contributed by atoms with Gasteiger partial charge in [0.1, 0.15) is 16.1 Å². The number of carboxylic acid groups (broad SMARTS) is 1. The van der Waals surface area contributed by atoms with Gasteiger partial charge in [-0.15, -0.1) is 0 Å². The summed E-state index contributed by atoms with van der Waals surface area (Å²) in [7, 11) is 0. The Morgan fingerprint density at radius 3 is 2.36 bits per heavy atom. The summed E-state index contributed by atoms with van der Waals surface area (Å²) in [4.78, 5) is 26.4. The number of amides is 1. The van der Waals surface area contributed by atoms with Gasteiger partial charge >= 0.3 is 5.97 Å². The zero-order valence-electron chi connectivity index (χ0n) is 18.9. The lowest BCUT2D eigenvalue weighted by molar-refractivity contribution is -0.147. The predicted molar refractivity (Wildman–Crippen MR) is 139 cm³/mol. The maximum Gasteiger partial charge on any atom is 0.327 e. The van der Waals surface area contributed by atoms with Crippen LogP contribution in [0.4, 0.5) is 0 Å². The quantitative estimate of drug-likeness (QED) is 0.328. The number of rotatable bonds is 8. The van der Waals surface area contributed by atoms with Crippen molar-refractivity contribution < 1.29 is 19.4 Å². The number of ether oxygens (including phenoxy) is 1. The molecule has 0 spiro atoms. The number of carboxylic acids is 1. The fraction of sp³-hybridized carbons (Fsp3) is 0.320. The third-order valence-electron chi connectivity index (χ3n) is 5.37. The molecule has 1 amide bonds. The molecule has 0 saturated carbocycles. The molecule has 8 heteroatoms. The van der Waals surface area contributed by atoms with Crippen molar-refractivity contribution in [3.05, 3.63) is 58.0 Å². The molecule has 5 nitrogen and oxygen atoms in total. The highest BCUT2D eigenvalue weighted by atomic mass is 35.5. The van der Waals surface area contributed by atoms with E-state index in [2.05, 4.69) is 0 Å². The van der Waals surface area contributed by atoms with Crippen LogP contribution in [0, 0.1) is 5.92 Å². The first-order valence-corrected chi connectivity index (χ1v) is 12.3. The number of thioether (sulfide) groups is 1. The van der Waals surface area contributed by atoms with E-state index in [0.29, 0.717) is 22.1 Å². The fourth-order valence-electron chi connectivity index (χ4n) is 3.50. The number of benzene rings is 2. The summed E-state index contributed by atoms with van der Waals surface area (Å²) in [6.45, 7) is 7.60. The van der Waals surface area contributed by atoms with Gasteiger partial charge in [0.15, 0.2) is 0 Å². The van der Waals surface area contributed by atoms with Gasteiger partial charge in [-0.25, -0.2) is 4.79 Å². The normalized spacial score (nSPS) is 17.0. The van der Waals surface area contributed by atoms with E-state index in [9.17, 15) is 14.7 Å². The number of hydrogen-bond donors (Lipinski definition) is 1. The second-order valence-electron chi connectivity index (χ2n) is 8.15. The van der Waals surface area contributed by atoms with Crippen molar-refractivity contribution in [2.45, 2.75) is 46.3 Å². The Hall–Kier alpha value is -2.35. The lowest BCUT2D eigenvalue weighted by Crippen LogP contribution is -2.47. The lowest BCUT2D eigenvalue weighted by atomic mass is 9.98. The van der Waals surface area contributed by atoms with Crippen molar-refractivity contribution in [1.29, 1.82) is 0 Å². The van der Waals surface area contributed by atoms with Crippen molar-refractivity contribution in [2.75, 3.05) is 0 Å². The Bertz CT molecular complexity index is 1100.